The van der Waals surface area contributed by atoms with Crippen LogP contribution in [0.25, 0.3) is 0 Å². The van der Waals surface area contributed by atoms with Gasteiger partial charge in [-0.25, -0.2) is 13.4 Å². The Morgan fingerprint density at radius 2 is 1.89 bits per heavy atom. The second kappa shape index (κ2) is 8.95. The molecule has 27 heavy (non-hydrogen) atoms. The summed E-state index contributed by atoms with van der Waals surface area (Å²) in [6.45, 7) is 3.58. The molecule has 1 amide bonds. The number of hydrogen-bond acceptors (Lipinski definition) is 5. The summed E-state index contributed by atoms with van der Waals surface area (Å²) in [5, 5.41) is 5.79. The maximum Gasteiger partial charge on any atom is 0.243 e. The second-order valence-electron chi connectivity index (χ2n) is 6.74. The van der Waals surface area contributed by atoms with Crippen molar-refractivity contribution in [1.82, 2.24) is 14.6 Å². The Hall–Kier alpha value is -1.77. The van der Waals surface area contributed by atoms with Crippen LogP contribution in [0.1, 0.15) is 41.9 Å². The van der Waals surface area contributed by atoms with E-state index in [0.717, 1.165) is 35.5 Å². The standard InChI is InChI=1S/C19H25N3O3S2/c1-15-21-17(14-26-15)13-20-19(23)10-7-16-5-8-18(9-6-16)27(24,25)22-11-3-2-4-12-22/h5-6,8-9,14H,2-4,7,10-13H2,1H3,(H,20,23). The summed E-state index contributed by atoms with van der Waals surface area (Å²) in [6.07, 6.45) is 3.88. The zero-order valence-electron chi connectivity index (χ0n) is 15.5. The maximum atomic E-state index is 12.6. The highest BCUT2D eigenvalue weighted by Crippen LogP contribution is 2.21. The molecule has 6 nitrogen and oxygen atoms in total. The summed E-state index contributed by atoms with van der Waals surface area (Å²) in [6, 6.07) is 6.90. The zero-order valence-corrected chi connectivity index (χ0v) is 17.1. The van der Waals surface area contributed by atoms with Crippen molar-refractivity contribution in [2.75, 3.05) is 13.1 Å². The van der Waals surface area contributed by atoms with Gasteiger partial charge in [-0.1, -0.05) is 18.6 Å². The number of carbonyl (C=O) groups excluding carboxylic acids is 1. The highest BCUT2D eigenvalue weighted by atomic mass is 32.2. The lowest BCUT2D eigenvalue weighted by Crippen LogP contribution is -2.35. The number of amides is 1. The fourth-order valence-corrected chi connectivity index (χ4v) is 5.24. The first kappa shape index (κ1) is 20.0. The Bertz CT molecular complexity index is 870. The Kier molecular flexibility index (Phi) is 6.62. The van der Waals surface area contributed by atoms with Gasteiger partial charge in [0, 0.05) is 24.9 Å². The monoisotopic (exact) mass is 407 g/mol. The molecule has 0 aliphatic carbocycles. The molecule has 2 aromatic rings. The molecule has 1 aliphatic heterocycles. The number of carbonyl (C=O) groups is 1. The van der Waals surface area contributed by atoms with Crippen LogP contribution in [0.2, 0.25) is 0 Å². The van der Waals surface area contributed by atoms with Crippen LogP contribution in [-0.2, 0) is 27.8 Å². The van der Waals surface area contributed by atoms with Gasteiger partial charge in [0.2, 0.25) is 15.9 Å². The molecule has 1 aromatic heterocycles. The number of aryl methyl sites for hydroxylation is 2. The Balaban J connectivity index is 1.50. The normalized spacial score (nSPS) is 15.6. The van der Waals surface area contributed by atoms with Crippen molar-refractivity contribution in [2.45, 2.75) is 50.5 Å². The summed E-state index contributed by atoms with van der Waals surface area (Å²) in [4.78, 5) is 16.6. The van der Waals surface area contributed by atoms with Crippen molar-refractivity contribution < 1.29 is 13.2 Å². The van der Waals surface area contributed by atoms with Crippen molar-refractivity contribution in [1.29, 1.82) is 0 Å². The van der Waals surface area contributed by atoms with E-state index < -0.39 is 10.0 Å². The van der Waals surface area contributed by atoms with Gasteiger partial charge < -0.3 is 5.32 Å². The van der Waals surface area contributed by atoms with Crippen molar-refractivity contribution in [3.8, 4) is 0 Å². The highest BCUT2D eigenvalue weighted by molar-refractivity contribution is 7.89. The average molecular weight is 408 g/mol. The molecule has 1 fully saturated rings. The summed E-state index contributed by atoms with van der Waals surface area (Å²) >= 11 is 1.56. The van der Waals surface area contributed by atoms with E-state index in [-0.39, 0.29) is 5.91 Å². The minimum atomic E-state index is -3.40. The second-order valence-corrected chi connectivity index (χ2v) is 9.74. The van der Waals surface area contributed by atoms with E-state index >= 15 is 0 Å². The van der Waals surface area contributed by atoms with Crippen molar-refractivity contribution >= 4 is 27.3 Å². The number of nitrogens with zero attached hydrogens (tertiary/aromatic N) is 2. The van der Waals surface area contributed by atoms with Crippen LogP contribution in [0.4, 0.5) is 0 Å². The van der Waals surface area contributed by atoms with Gasteiger partial charge in [0.05, 0.1) is 22.1 Å². The first-order chi connectivity index (χ1) is 12.9. The molecule has 0 bridgehead atoms. The van der Waals surface area contributed by atoms with Crippen molar-refractivity contribution in [2.24, 2.45) is 0 Å². The molecule has 2 heterocycles. The van der Waals surface area contributed by atoms with Gasteiger partial charge in [-0.3, -0.25) is 4.79 Å². The average Bonchev–Trinajstić information content (AvgIpc) is 3.11. The lowest BCUT2D eigenvalue weighted by molar-refractivity contribution is -0.121. The summed E-state index contributed by atoms with van der Waals surface area (Å²) in [5.41, 5.74) is 1.82. The number of sulfonamides is 1. The van der Waals surface area contributed by atoms with E-state index in [4.69, 9.17) is 0 Å². The molecule has 0 atom stereocenters. The molecular weight excluding hydrogens is 382 g/mol. The van der Waals surface area contributed by atoms with Gasteiger partial charge in [-0.15, -0.1) is 11.3 Å². The molecule has 8 heteroatoms. The largest absolute Gasteiger partial charge is 0.350 e. The number of hydrogen-bond donors (Lipinski definition) is 1. The first-order valence-electron chi connectivity index (χ1n) is 9.22. The van der Waals surface area contributed by atoms with Crippen LogP contribution in [0.15, 0.2) is 34.5 Å². The minimum absolute atomic E-state index is 0.0364. The van der Waals surface area contributed by atoms with Gasteiger partial charge in [-0.2, -0.15) is 4.31 Å². The summed E-state index contributed by atoms with van der Waals surface area (Å²) in [7, 11) is -3.40. The van der Waals surface area contributed by atoms with Gasteiger partial charge >= 0.3 is 0 Å². The quantitative estimate of drug-likeness (QED) is 0.765. The van der Waals surface area contributed by atoms with E-state index in [0.29, 0.717) is 37.4 Å². The third-order valence-electron chi connectivity index (χ3n) is 4.65. The fraction of sp³-hybridized carbons (Fsp3) is 0.474. The first-order valence-corrected chi connectivity index (χ1v) is 11.5. The third kappa shape index (κ3) is 5.37. The Morgan fingerprint density at radius 3 is 2.52 bits per heavy atom. The molecule has 0 radical (unpaired) electrons. The van der Waals surface area contributed by atoms with E-state index in [2.05, 4.69) is 10.3 Å². The SMILES string of the molecule is Cc1nc(CNC(=O)CCc2ccc(S(=O)(=O)N3CCCCC3)cc2)cs1. The summed E-state index contributed by atoms with van der Waals surface area (Å²) < 4.78 is 26.9. The lowest BCUT2D eigenvalue weighted by atomic mass is 10.1. The highest BCUT2D eigenvalue weighted by Gasteiger charge is 2.25. The molecule has 0 saturated carbocycles. The van der Waals surface area contributed by atoms with Crippen molar-refractivity contribution in [3.05, 3.63) is 45.9 Å². The van der Waals surface area contributed by atoms with E-state index in [1.165, 1.54) is 0 Å². The number of rotatable bonds is 7. The predicted molar refractivity (Wildman–Crippen MR) is 106 cm³/mol. The minimum Gasteiger partial charge on any atom is -0.350 e. The molecule has 1 N–H and O–H groups in total. The molecule has 1 aliphatic rings. The number of thiazole rings is 1. The van der Waals surface area contributed by atoms with E-state index in [1.54, 1.807) is 39.9 Å². The number of nitrogens with one attached hydrogen (secondary N) is 1. The molecule has 0 unspecified atom stereocenters. The van der Waals surface area contributed by atoms with Gasteiger partial charge in [-0.05, 0) is 43.9 Å². The lowest BCUT2D eigenvalue weighted by Gasteiger charge is -2.25. The Labute approximate surface area is 164 Å². The maximum absolute atomic E-state index is 12.6. The van der Waals surface area contributed by atoms with Crippen LogP contribution in [-0.4, -0.2) is 36.7 Å². The van der Waals surface area contributed by atoms with Crippen LogP contribution in [0.3, 0.4) is 0 Å². The van der Waals surface area contributed by atoms with E-state index in [1.807, 2.05) is 12.3 Å². The topological polar surface area (TPSA) is 79.4 Å². The van der Waals surface area contributed by atoms with Crippen molar-refractivity contribution in [3.63, 3.8) is 0 Å². The fourth-order valence-electron chi connectivity index (χ4n) is 3.11. The number of piperidine rings is 1. The molecular formula is C19H25N3O3S2. The third-order valence-corrected chi connectivity index (χ3v) is 7.39. The van der Waals surface area contributed by atoms with Gasteiger partial charge in [0.25, 0.3) is 0 Å². The molecule has 0 spiro atoms. The molecule has 1 saturated heterocycles. The smallest absolute Gasteiger partial charge is 0.243 e. The Morgan fingerprint density at radius 1 is 1.19 bits per heavy atom. The van der Waals surface area contributed by atoms with Gasteiger partial charge in [0.1, 0.15) is 0 Å². The predicted octanol–water partition coefficient (Wildman–Crippen LogP) is 2.88. The number of benzene rings is 1. The summed E-state index contributed by atoms with van der Waals surface area (Å²) in [5.74, 6) is -0.0364. The molecule has 146 valence electrons. The number of aromatic nitrogens is 1. The molecule has 3 rings (SSSR count). The van der Waals surface area contributed by atoms with E-state index in [9.17, 15) is 13.2 Å². The van der Waals surface area contributed by atoms with Gasteiger partial charge in [0.15, 0.2) is 0 Å². The van der Waals surface area contributed by atoms with Crippen LogP contribution in [0, 0.1) is 6.92 Å². The van der Waals surface area contributed by atoms with Crippen LogP contribution in [0.5, 0.6) is 0 Å². The molecule has 1 aromatic carbocycles. The van der Waals surface area contributed by atoms with Crippen LogP contribution >= 0.6 is 11.3 Å². The van der Waals surface area contributed by atoms with Crippen LogP contribution < -0.4 is 5.32 Å². The zero-order chi connectivity index (χ0) is 19.3.